The van der Waals surface area contributed by atoms with Gasteiger partial charge in [0.2, 0.25) is 0 Å². The molecule has 0 aromatic carbocycles. The van der Waals surface area contributed by atoms with E-state index in [4.69, 9.17) is 0 Å². The Morgan fingerprint density at radius 1 is 1.22 bits per heavy atom. The van der Waals surface area contributed by atoms with Gasteiger partial charge in [0.1, 0.15) is 0 Å². The Balaban J connectivity index is 1.40. The van der Waals surface area contributed by atoms with E-state index in [1.165, 1.54) is 70.0 Å². The second-order valence-electron chi connectivity index (χ2n) is 6.52. The van der Waals surface area contributed by atoms with E-state index in [2.05, 4.69) is 33.9 Å². The van der Waals surface area contributed by atoms with Crippen LogP contribution in [0.4, 0.5) is 0 Å². The molecule has 18 heavy (non-hydrogen) atoms. The first-order chi connectivity index (χ1) is 8.76. The molecule has 1 atom stereocenters. The fraction of sp³-hybridized carbons (Fsp3) is 1.00. The molecule has 4 heteroatoms. The predicted molar refractivity (Wildman–Crippen MR) is 79.3 cm³/mol. The van der Waals surface area contributed by atoms with Crippen molar-refractivity contribution in [1.29, 1.82) is 0 Å². The topological polar surface area (TPSA) is 18.5 Å². The van der Waals surface area contributed by atoms with Crippen LogP contribution < -0.4 is 5.32 Å². The average Bonchev–Trinajstić information content (AvgIpc) is 2.93. The second kappa shape index (κ2) is 5.70. The summed E-state index contributed by atoms with van der Waals surface area (Å²) >= 11 is 2.11. The minimum atomic E-state index is 0.642. The van der Waals surface area contributed by atoms with Crippen molar-refractivity contribution in [2.75, 3.05) is 57.8 Å². The van der Waals surface area contributed by atoms with Crippen molar-refractivity contribution in [1.82, 2.24) is 15.1 Å². The summed E-state index contributed by atoms with van der Waals surface area (Å²) in [5.41, 5.74) is 0.642. The minimum Gasteiger partial charge on any atom is -0.313 e. The van der Waals surface area contributed by atoms with E-state index in [1.807, 2.05) is 0 Å². The summed E-state index contributed by atoms with van der Waals surface area (Å²) in [6.07, 6.45) is 4.29. The number of nitrogens with zero attached hydrogens (tertiary/aromatic N) is 2. The van der Waals surface area contributed by atoms with Gasteiger partial charge in [-0.25, -0.2) is 0 Å². The van der Waals surface area contributed by atoms with E-state index in [9.17, 15) is 0 Å². The summed E-state index contributed by atoms with van der Waals surface area (Å²) < 4.78 is 0. The van der Waals surface area contributed by atoms with E-state index in [1.54, 1.807) is 0 Å². The quantitative estimate of drug-likeness (QED) is 0.805. The molecule has 0 amide bonds. The van der Waals surface area contributed by atoms with Crippen molar-refractivity contribution in [3.8, 4) is 0 Å². The van der Waals surface area contributed by atoms with Gasteiger partial charge in [-0.15, -0.1) is 0 Å². The van der Waals surface area contributed by atoms with Crippen LogP contribution in [0.1, 0.15) is 19.3 Å². The summed E-state index contributed by atoms with van der Waals surface area (Å²) in [5.74, 6) is 2.70. The van der Waals surface area contributed by atoms with Crippen LogP contribution in [0.2, 0.25) is 0 Å². The van der Waals surface area contributed by atoms with Gasteiger partial charge in [0.05, 0.1) is 0 Å². The van der Waals surface area contributed by atoms with Gasteiger partial charge in [0.15, 0.2) is 0 Å². The maximum absolute atomic E-state index is 3.82. The summed E-state index contributed by atoms with van der Waals surface area (Å²) in [5, 5.41) is 3.82. The van der Waals surface area contributed by atoms with E-state index < -0.39 is 0 Å². The molecule has 0 spiro atoms. The molecule has 1 saturated carbocycles. The van der Waals surface area contributed by atoms with E-state index in [0.29, 0.717) is 5.41 Å². The number of hydrogen-bond donors (Lipinski definition) is 1. The molecule has 0 radical (unpaired) electrons. The third kappa shape index (κ3) is 3.41. The van der Waals surface area contributed by atoms with E-state index in [-0.39, 0.29) is 0 Å². The van der Waals surface area contributed by atoms with Crippen molar-refractivity contribution < 1.29 is 0 Å². The molecule has 2 aliphatic heterocycles. The highest BCUT2D eigenvalue weighted by atomic mass is 32.2. The molecule has 2 saturated heterocycles. The predicted octanol–water partition coefficient (Wildman–Crippen LogP) is 1.11. The lowest BCUT2D eigenvalue weighted by atomic mass is 10.1. The molecule has 1 N–H and O–H groups in total. The van der Waals surface area contributed by atoms with Crippen LogP contribution in [0.15, 0.2) is 0 Å². The highest BCUT2D eigenvalue weighted by Gasteiger charge is 2.44. The highest BCUT2D eigenvalue weighted by molar-refractivity contribution is 7.99. The normalized spacial score (nSPS) is 32.8. The smallest absolute Gasteiger partial charge is 0.0166 e. The van der Waals surface area contributed by atoms with E-state index in [0.717, 1.165) is 6.04 Å². The van der Waals surface area contributed by atoms with Gasteiger partial charge in [-0.2, -0.15) is 11.8 Å². The molecule has 2 heterocycles. The van der Waals surface area contributed by atoms with Crippen molar-refractivity contribution in [3.63, 3.8) is 0 Å². The minimum absolute atomic E-state index is 0.642. The van der Waals surface area contributed by atoms with Gasteiger partial charge in [-0.1, -0.05) is 0 Å². The van der Waals surface area contributed by atoms with Crippen LogP contribution in [0.25, 0.3) is 0 Å². The summed E-state index contributed by atoms with van der Waals surface area (Å²) in [7, 11) is 2.24. The molecule has 1 aliphatic carbocycles. The molecule has 0 bridgehead atoms. The Bertz CT molecular complexity index is 266. The fourth-order valence-electron chi connectivity index (χ4n) is 3.10. The molecule has 3 fully saturated rings. The number of thioether (sulfide) groups is 1. The first kappa shape index (κ1) is 13.2. The first-order valence-corrected chi connectivity index (χ1v) is 8.63. The third-order valence-electron chi connectivity index (χ3n) is 4.81. The van der Waals surface area contributed by atoms with Gasteiger partial charge in [0.25, 0.3) is 0 Å². The number of hydrogen-bond acceptors (Lipinski definition) is 4. The monoisotopic (exact) mass is 269 g/mol. The zero-order valence-electron chi connectivity index (χ0n) is 11.7. The number of likely N-dealkylation sites (N-methyl/N-ethyl adjacent to an activating group) is 1. The van der Waals surface area contributed by atoms with E-state index >= 15 is 0 Å². The van der Waals surface area contributed by atoms with Crippen LogP contribution in [0.3, 0.4) is 0 Å². The Hall–Kier alpha value is 0.230. The van der Waals surface area contributed by atoms with Gasteiger partial charge in [-0.3, -0.25) is 0 Å². The van der Waals surface area contributed by atoms with Gasteiger partial charge < -0.3 is 15.1 Å². The Morgan fingerprint density at radius 2 is 2.00 bits per heavy atom. The molecular formula is C14H27N3S. The highest BCUT2D eigenvalue weighted by Crippen LogP contribution is 2.46. The molecular weight excluding hydrogens is 242 g/mol. The fourth-order valence-corrected chi connectivity index (χ4v) is 4.29. The zero-order valence-corrected chi connectivity index (χ0v) is 12.5. The number of rotatable bonds is 5. The van der Waals surface area contributed by atoms with Crippen molar-refractivity contribution >= 4 is 11.8 Å². The summed E-state index contributed by atoms with van der Waals surface area (Å²) in [4.78, 5) is 5.14. The van der Waals surface area contributed by atoms with Crippen LogP contribution in [-0.2, 0) is 0 Å². The first-order valence-electron chi connectivity index (χ1n) is 7.48. The number of piperazine rings is 1. The van der Waals surface area contributed by atoms with Crippen molar-refractivity contribution in [2.45, 2.75) is 25.3 Å². The molecule has 104 valence electrons. The Kier molecular flexibility index (Phi) is 4.18. The van der Waals surface area contributed by atoms with Gasteiger partial charge in [-0.05, 0) is 37.5 Å². The summed E-state index contributed by atoms with van der Waals surface area (Å²) in [6, 6.07) is 0.806. The summed E-state index contributed by atoms with van der Waals surface area (Å²) in [6.45, 7) is 7.67. The van der Waals surface area contributed by atoms with Crippen LogP contribution in [0, 0.1) is 5.41 Å². The van der Waals surface area contributed by atoms with Gasteiger partial charge in [0, 0.05) is 51.1 Å². The zero-order chi connectivity index (χ0) is 12.4. The molecule has 3 aliphatic rings. The Labute approximate surface area is 116 Å². The molecule has 0 aromatic rings. The van der Waals surface area contributed by atoms with Crippen molar-refractivity contribution in [2.24, 2.45) is 5.41 Å². The largest absolute Gasteiger partial charge is 0.313 e. The van der Waals surface area contributed by atoms with Crippen LogP contribution in [0.5, 0.6) is 0 Å². The average molecular weight is 269 g/mol. The maximum atomic E-state index is 3.82. The van der Waals surface area contributed by atoms with Crippen LogP contribution in [-0.4, -0.2) is 73.7 Å². The van der Waals surface area contributed by atoms with Gasteiger partial charge >= 0.3 is 0 Å². The molecule has 3 nitrogen and oxygen atoms in total. The maximum Gasteiger partial charge on any atom is 0.0166 e. The lowest BCUT2D eigenvalue weighted by Crippen LogP contribution is -2.48. The lowest BCUT2D eigenvalue weighted by molar-refractivity contribution is 0.129. The van der Waals surface area contributed by atoms with Crippen molar-refractivity contribution in [3.05, 3.63) is 0 Å². The standard InChI is InChI=1S/C14H27N3S/c1-16-5-7-17(8-6-16)12-14(3-4-14)11-15-13-2-9-18-10-13/h13,15H,2-12H2,1H3. The SMILES string of the molecule is CN1CCN(CC2(CNC3CCSC3)CC2)CC1. The lowest BCUT2D eigenvalue weighted by Gasteiger charge is -2.35. The number of nitrogens with one attached hydrogen (secondary N) is 1. The second-order valence-corrected chi connectivity index (χ2v) is 7.67. The van der Waals surface area contributed by atoms with Crippen LogP contribution >= 0.6 is 11.8 Å². The molecule has 3 rings (SSSR count). The third-order valence-corrected chi connectivity index (χ3v) is 5.97. The Morgan fingerprint density at radius 3 is 2.61 bits per heavy atom. The molecule has 0 aromatic heterocycles. The molecule has 1 unspecified atom stereocenters.